The number of rotatable bonds is 4. The third-order valence-corrected chi connectivity index (χ3v) is 4.47. The second-order valence-corrected chi connectivity index (χ2v) is 6.30. The van der Waals surface area contributed by atoms with Crippen LogP contribution in [0.5, 0.6) is 5.75 Å². The zero-order chi connectivity index (χ0) is 17.1. The summed E-state index contributed by atoms with van der Waals surface area (Å²) in [7, 11) is 1.66. The summed E-state index contributed by atoms with van der Waals surface area (Å²) in [5.74, 6) is 1.07. The van der Waals surface area contributed by atoms with Crippen molar-refractivity contribution in [3.8, 4) is 5.75 Å². The number of benzene rings is 1. The molecule has 24 heavy (non-hydrogen) atoms. The number of methoxy groups -OCH3 is 1. The molecule has 1 aromatic heterocycles. The van der Waals surface area contributed by atoms with E-state index in [-0.39, 0.29) is 5.91 Å². The molecule has 0 unspecified atom stereocenters. The molecule has 1 saturated heterocycles. The van der Waals surface area contributed by atoms with Gasteiger partial charge >= 0.3 is 0 Å². The monoisotopic (exact) mass is 349 g/mol. The van der Waals surface area contributed by atoms with Crippen LogP contribution >= 0.6 is 11.6 Å². The van der Waals surface area contributed by atoms with Crippen molar-refractivity contribution < 1.29 is 14.1 Å². The van der Waals surface area contributed by atoms with E-state index >= 15 is 0 Å². The van der Waals surface area contributed by atoms with Gasteiger partial charge in [-0.15, -0.1) is 0 Å². The molecule has 2 aromatic rings. The fourth-order valence-corrected chi connectivity index (χ4v) is 3.06. The molecule has 0 spiro atoms. The number of piperazine rings is 1. The van der Waals surface area contributed by atoms with Crippen molar-refractivity contribution in [2.75, 3.05) is 33.3 Å². The smallest absolute Gasteiger partial charge is 0.292 e. The minimum Gasteiger partial charge on any atom is -0.496 e. The first-order valence-corrected chi connectivity index (χ1v) is 8.21. The van der Waals surface area contributed by atoms with Crippen LogP contribution in [0.15, 0.2) is 28.9 Å². The summed E-state index contributed by atoms with van der Waals surface area (Å²) in [4.78, 5) is 16.5. The van der Waals surface area contributed by atoms with Crippen molar-refractivity contribution in [2.45, 2.75) is 13.5 Å². The number of carbonyl (C=O) groups excluding carboxylic acids is 1. The van der Waals surface area contributed by atoms with Gasteiger partial charge in [0, 0.05) is 48.9 Å². The highest BCUT2D eigenvalue weighted by atomic mass is 35.5. The SMILES string of the molecule is COc1ccc(Cl)cc1CN1CCN(C(=O)c2oncc2C)CC1. The van der Waals surface area contributed by atoms with Crippen molar-refractivity contribution in [2.24, 2.45) is 0 Å². The Bertz CT molecular complexity index is 724. The molecule has 3 rings (SSSR count). The highest BCUT2D eigenvalue weighted by molar-refractivity contribution is 6.30. The van der Waals surface area contributed by atoms with Gasteiger partial charge in [-0.3, -0.25) is 9.69 Å². The normalized spacial score (nSPS) is 15.5. The molecule has 1 amide bonds. The number of amides is 1. The predicted molar refractivity (Wildman–Crippen MR) is 90.4 cm³/mol. The second-order valence-electron chi connectivity index (χ2n) is 5.86. The second kappa shape index (κ2) is 7.23. The summed E-state index contributed by atoms with van der Waals surface area (Å²) in [6.07, 6.45) is 1.56. The quantitative estimate of drug-likeness (QED) is 0.849. The van der Waals surface area contributed by atoms with E-state index in [2.05, 4.69) is 10.1 Å². The molecule has 0 bridgehead atoms. The van der Waals surface area contributed by atoms with Crippen molar-refractivity contribution in [1.29, 1.82) is 0 Å². The Balaban J connectivity index is 1.61. The molecule has 1 fully saturated rings. The van der Waals surface area contributed by atoms with Crippen LogP contribution in [0.2, 0.25) is 5.02 Å². The Labute approximate surface area is 145 Å². The van der Waals surface area contributed by atoms with E-state index < -0.39 is 0 Å². The molecule has 0 atom stereocenters. The van der Waals surface area contributed by atoms with Crippen LogP contribution in [-0.2, 0) is 6.54 Å². The van der Waals surface area contributed by atoms with Crippen molar-refractivity contribution >= 4 is 17.5 Å². The predicted octanol–water partition coefficient (Wildman–Crippen LogP) is 2.60. The first-order chi connectivity index (χ1) is 11.6. The number of hydrogen-bond donors (Lipinski definition) is 0. The maximum atomic E-state index is 12.4. The average molecular weight is 350 g/mol. The molecule has 0 saturated carbocycles. The molecule has 128 valence electrons. The van der Waals surface area contributed by atoms with Gasteiger partial charge < -0.3 is 14.2 Å². The largest absolute Gasteiger partial charge is 0.496 e. The minimum atomic E-state index is -0.0926. The van der Waals surface area contributed by atoms with Crippen LogP contribution in [0.25, 0.3) is 0 Å². The highest BCUT2D eigenvalue weighted by Crippen LogP contribution is 2.24. The van der Waals surface area contributed by atoms with Gasteiger partial charge in [-0.25, -0.2) is 0 Å². The Morgan fingerprint density at radius 3 is 2.71 bits per heavy atom. The first kappa shape index (κ1) is 16.8. The summed E-state index contributed by atoms with van der Waals surface area (Å²) >= 11 is 6.08. The van der Waals surface area contributed by atoms with Crippen LogP contribution in [0, 0.1) is 6.92 Å². The number of ether oxygens (including phenoxy) is 1. The zero-order valence-electron chi connectivity index (χ0n) is 13.8. The van der Waals surface area contributed by atoms with Gasteiger partial charge in [0.15, 0.2) is 0 Å². The third-order valence-electron chi connectivity index (χ3n) is 4.24. The van der Waals surface area contributed by atoms with Gasteiger partial charge in [0.25, 0.3) is 5.91 Å². The summed E-state index contributed by atoms with van der Waals surface area (Å²) in [6, 6.07) is 5.63. The first-order valence-electron chi connectivity index (χ1n) is 7.84. The van der Waals surface area contributed by atoms with E-state index in [1.165, 1.54) is 0 Å². The Morgan fingerprint density at radius 1 is 1.33 bits per heavy atom. The van der Waals surface area contributed by atoms with Gasteiger partial charge in [-0.1, -0.05) is 16.8 Å². The topological polar surface area (TPSA) is 58.8 Å². The molecule has 6 nitrogen and oxygen atoms in total. The maximum absolute atomic E-state index is 12.4. The summed E-state index contributed by atoms with van der Waals surface area (Å²) in [5, 5.41) is 4.37. The van der Waals surface area contributed by atoms with Crippen molar-refractivity contribution in [3.05, 3.63) is 46.3 Å². The van der Waals surface area contributed by atoms with E-state index in [1.54, 1.807) is 18.2 Å². The van der Waals surface area contributed by atoms with Crippen LogP contribution in [0.1, 0.15) is 21.7 Å². The maximum Gasteiger partial charge on any atom is 0.292 e. The minimum absolute atomic E-state index is 0.0926. The molecular weight excluding hydrogens is 330 g/mol. The van der Waals surface area contributed by atoms with E-state index in [0.717, 1.165) is 36.5 Å². The van der Waals surface area contributed by atoms with Gasteiger partial charge in [-0.05, 0) is 25.1 Å². The number of nitrogens with zero attached hydrogens (tertiary/aromatic N) is 3. The van der Waals surface area contributed by atoms with Crippen LogP contribution in [0.3, 0.4) is 0 Å². The van der Waals surface area contributed by atoms with Crippen molar-refractivity contribution in [1.82, 2.24) is 15.0 Å². The lowest BCUT2D eigenvalue weighted by atomic mass is 10.1. The molecule has 1 aliphatic rings. The van der Waals surface area contributed by atoms with Gasteiger partial charge in [0.05, 0.1) is 13.3 Å². The fraction of sp³-hybridized carbons (Fsp3) is 0.412. The summed E-state index contributed by atoms with van der Waals surface area (Å²) in [5.41, 5.74) is 1.82. The van der Waals surface area contributed by atoms with Gasteiger partial charge in [0.2, 0.25) is 5.76 Å². The lowest BCUT2D eigenvalue weighted by Gasteiger charge is -2.34. The van der Waals surface area contributed by atoms with E-state index in [4.69, 9.17) is 20.9 Å². The number of hydrogen-bond acceptors (Lipinski definition) is 5. The van der Waals surface area contributed by atoms with Crippen LogP contribution < -0.4 is 4.74 Å². The van der Waals surface area contributed by atoms with E-state index in [1.807, 2.05) is 25.1 Å². The van der Waals surface area contributed by atoms with Crippen LogP contribution in [0.4, 0.5) is 0 Å². The Morgan fingerprint density at radius 2 is 2.08 bits per heavy atom. The number of halogens is 1. The molecule has 1 aromatic carbocycles. The molecule has 7 heteroatoms. The summed E-state index contributed by atoms with van der Waals surface area (Å²) < 4.78 is 10.5. The molecule has 0 N–H and O–H groups in total. The molecular formula is C17H20ClN3O3. The average Bonchev–Trinajstić information content (AvgIpc) is 3.01. The Hall–Kier alpha value is -2.05. The number of aromatic nitrogens is 1. The number of carbonyl (C=O) groups is 1. The lowest BCUT2D eigenvalue weighted by Crippen LogP contribution is -2.48. The standard InChI is InChI=1S/C17H20ClN3O3/c1-12-10-19-24-16(12)17(22)21-7-5-20(6-8-21)11-13-9-14(18)3-4-15(13)23-2/h3-4,9-10H,5-8,11H2,1-2H3. The van der Waals surface area contributed by atoms with Gasteiger partial charge in [-0.2, -0.15) is 0 Å². The molecule has 1 aliphatic heterocycles. The molecule has 2 heterocycles. The zero-order valence-corrected chi connectivity index (χ0v) is 14.5. The molecule has 0 aliphatic carbocycles. The van der Waals surface area contributed by atoms with Crippen LogP contribution in [-0.4, -0.2) is 54.2 Å². The van der Waals surface area contributed by atoms with Gasteiger partial charge in [0.1, 0.15) is 5.75 Å². The fourth-order valence-electron chi connectivity index (χ4n) is 2.86. The highest BCUT2D eigenvalue weighted by Gasteiger charge is 2.26. The third kappa shape index (κ3) is 3.55. The van der Waals surface area contributed by atoms with Crippen molar-refractivity contribution in [3.63, 3.8) is 0 Å². The summed E-state index contributed by atoms with van der Waals surface area (Å²) in [6.45, 7) is 5.45. The lowest BCUT2D eigenvalue weighted by molar-refractivity contribution is 0.0586. The number of aryl methyl sites for hydroxylation is 1. The van der Waals surface area contributed by atoms with E-state index in [0.29, 0.717) is 23.9 Å². The Kier molecular flexibility index (Phi) is 5.06. The van der Waals surface area contributed by atoms with E-state index in [9.17, 15) is 4.79 Å². The molecule has 0 radical (unpaired) electrons.